The van der Waals surface area contributed by atoms with E-state index in [2.05, 4.69) is 54.6 Å². The Morgan fingerprint density at radius 2 is 1.30 bits per heavy atom. The molecule has 4 aromatic rings. The van der Waals surface area contributed by atoms with Gasteiger partial charge in [0.2, 0.25) is 0 Å². The molecule has 20 heavy (non-hydrogen) atoms. The standard InChI is InChI=1S/C17H11Cl2Si/c18-20(19)10-14-7-6-13-5-4-11-2-1-3-12-8-9-15(14)17(13)16(11)12/h1-9H,10H2. The van der Waals surface area contributed by atoms with Gasteiger partial charge < -0.3 is 0 Å². The molecule has 1 radical (unpaired) electrons. The smallest absolute Gasteiger partial charge is 0.146 e. The van der Waals surface area contributed by atoms with Crippen molar-refractivity contribution < 1.29 is 0 Å². The summed E-state index contributed by atoms with van der Waals surface area (Å²) in [7, 11) is -1.31. The van der Waals surface area contributed by atoms with Crippen LogP contribution in [0.25, 0.3) is 32.3 Å². The number of benzene rings is 4. The third-order valence-electron chi connectivity index (χ3n) is 3.94. The molecule has 0 aromatic heterocycles. The van der Waals surface area contributed by atoms with Crippen LogP contribution in [0, 0.1) is 0 Å². The van der Waals surface area contributed by atoms with Crippen LogP contribution < -0.4 is 0 Å². The minimum absolute atomic E-state index is 0.780. The van der Waals surface area contributed by atoms with Gasteiger partial charge in [-0.3, -0.25) is 0 Å². The Morgan fingerprint density at radius 3 is 2.00 bits per heavy atom. The van der Waals surface area contributed by atoms with Crippen LogP contribution in [0.4, 0.5) is 0 Å². The van der Waals surface area contributed by atoms with Crippen LogP contribution in [0.1, 0.15) is 5.56 Å². The lowest BCUT2D eigenvalue weighted by Crippen LogP contribution is -2.00. The summed E-state index contributed by atoms with van der Waals surface area (Å²) in [5.74, 6) is 0. The Labute approximate surface area is 128 Å². The van der Waals surface area contributed by atoms with Crippen molar-refractivity contribution in [2.24, 2.45) is 0 Å². The first-order chi connectivity index (χ1) is 9.74. The van der Waals surface area contributed by atoms with Gasteiger partial charge in [0.25, 0.3) is 7.42 Å². The molecule has 0 N–H and O–H groups in total. The van der Waals surface area contributed by atoms with E-state index >= 15 is 0 Å². The van der Waals surface area contributed by atoms with Crippen LogP contribution in [0.3, 0.4) is 0 Å². The molecule has 97 valence electrons. The molecule has 0 atom stereocenters. The minimum Gasteiger partial charge on any atom is -0.146 e. The summed E-state index contributed by atoms with van der Waals surface area (Å²) in [5, 5.41) is 7.85. The molecule has 4 aromatic carbocycles. The van der Waals surface area contributed by atoms with Gasteiger partial charge in [-0.15, -0.1) is 22.2 Å². The zero-order valence-electron chi connectivity index (χ0n) is 10.7. The van der Waals surface area contributed by atoms with E-state index in [4.69, 9.17) is 22.2 Å². The highest BCUT2D eigenvalue weighted by Crippen LogP contribution is 2.36. The average Bonchev–Trinajstić information content (AvgIpc) is 2.46. The van der Waals surface area contributed by atoms with Crippen molar-refractivity contribution in [3.8, 4) is 0 Å². The van der Waals surface area contributed by atoms with Crippen molar-refractivity contribution in [2.45, 2.75) is 6.04 Å². The van der Waals surface area contributed by atoms with Crippen LogP contribution in [0.15, 0.2) is 54.6 Å². The molecule has 0 aliphatic carbocycles. The number of hydrogen-bond donors (Lipinski definition) is 0. The fourth-order valence-corrected chi connectivity index (χ4v) is 4.55. The van der Waals surface area contributed by atoms with E-state index in [1.165, 1.54) is 37.9 Å². The number of hydrogen-bond acceptors (Lipinski definition) is 0. The van der Waals surface area contributed by atoms with Crippen LogP contribution in [-0.2, 0) is 6.04 Å². The highest BCUT2D eigenvalue weighted by atomic mass is 35.7. The molecular weight excluding hydrogens is 303 g/mol. The van der Waals surface area contributed by atoms with Crippen molar-refractivity contribution in [2.75, 3.05) is 0 Å². The molecule has 0 nitrogen and oxygen atoms in total. The van der Waals surface area contributed by atoms with Crippen LogP contribution in [0.2, 0.25) is 0 Å². The molecule has 0 saturated heterocycles. The molecule has 0 amide bonds. The lowest BCUT2D eigenvalue weighted by Gasteiger charge is -2.13. The predicted octanol–water partition coefficient (Wildman–Crippen LogP) is 5.63. The van der Waals surface area contributed by atoms with E-state index in [9.17, 15) is 0 Å². The molecule has 0 heterocycles. The quantitative estimate of drug-likeness (QED) is 0.255. The van der Waals surface area contributed by atoms with E-state index < -0.39 is 7.42 Å². The Morgan fingerprint density at radius 1 is 0.700 bits per heavy atom. The maximum atomic E-state index is 6.07. The first-order valence-electron chi connectivity index (χ1n) is 6.56. The molecule has 3 heteroatoms. The summed E-state index contributed by atoms with van der Waals surface area (Å²) < 4.78 is 0. The maximum Gasteiger partial charge on any atom is 0.278 e. The van der Waals surface area contributed by atoms with E-state index in [1.807, 2.05) is 0 Å². The highest BCUT2D eigenvalue weighted by molar-refractivity contribution is 7.33. The van der Waals surface area contributed by atoms with Crippen molar-refractivity contribution in [1.29, 1.82) is 0 Å². The van der Waals surface area contributed by atoms with Gasteiger partial charge >= 0.3 is 0 Å². The molecule has 0 fully saturated rings. The maximum absolute atomic E-state index is 6.07. The fraction of sp³-hybridized carbons (Fsp3) is 0.0588. The van der Waals surface area contributed by atoms with Crippen molar-refractivity contribution in [1.82, 2.24) is 0 Å². The van der Waals surface area contributed by atoms with Crippen LogP contribution in [0.5, 0.6) is 0 Å². The Kier molecular flexibility index (Phi) is 2.88. The Balaban J connectivity index is 2.20. The summed E-state index contributed by atoms with van der Waals surface area (Å²) in [6, 6.07) is 20.4. The minimum atomic E-state index is -1.31. The van der Waals surface area contributed by atoms with Gasteiger partial charge in [-0.05, 0) is 43.9 Å². The van der Waals surface area contributed by atoms with Gasteiger partial charge in [-0.1, -0.05) is 54.6 Å². The zero-order valence-corrected chi connectivity index (χ0v) is 13.2. The third kappa shape index (κ3) is 1.81. The zero-order chi connectivity index (χ0) is 13.7. The second-order valence-electron chi connectivity index (χ2n) is 5.10. The van der Waals surface area contributed by atoms with Crippen molar-refractivity contribution in [3.05, 3.63) is 60.2 Å². The SMILES string of the molecule is Cl[Si](Cl)Cc1ccc2ccc3cccc4ccc1c2c34. The summed E-state index contributed by atoms with van der Waals surface area (Å²) in [5.41, 5.74) is 1.26. The molecule has 0 aliphatic heterocycles. The lowest BCUT2D eigenvalue weighted by atomic mass is 9.92. The van der Waals surface area contributed by atoms with Crippen LogP contribution >= 0.6 is 22.2 Å². The normalized spacial score (nSPS) is 12.2. The summed E-state index contributed by atoms with van der Waals surface area (Å²) >= 11 is 12.1. The first kappa shape index (κ1) is 12.5. The van der Waals surface area contributed by atoms with Crippen molar-refractivity contribution in [3.63, 3.8) is 0 Å². The Hall–Kier alpha value is -1.28. The second kappa shape index (κ2) is 4.63. The fourth-order valence-electron chi connectivity index (χ4n) is 3.09. The molecule has 4 rings (SSSR count). The molecule has 0 bridgehead atoms. The largest absolute Gasteiger partial charge is 0.278 e. The van der Waals surface area contributed by atoms with Gasteiger partial charge in [0.05, 0.1) is 0 Å². The second-order valence-corrected chi connectivity index (χ2v) is 9.44. The van der Waals surface area contributed by atoms with E-state index in [0.29, 0.717) is 0 Å². The monoisotopic (exact) mass is 313 g/mol. The molecule has 0 saturated carbocycles. The molecule has 0 aliphatic rings. The molecule has 0 unspecified atom stereocenters. The Bertz CT molecular complexity index is 899. The highest BCUT2D eigenvalue weighted by Gasteiger charge is 2.13. The van der Waals surface area contributed by atoms with Gasteiger partial charge in [0.1, 0.15) is 0 Å². The summed E-state index contributed by atoms with van der Waals surface area (Å²) in [4.78, 5) is 0. The average molecular weight is 314 g/mol. The van der Waals surface area contributed by atoms with Gasteiger partial charge in [-0.25, -0.2) is 0 Å². The summed E-state index contributed by atoms with van der Waals surface area (Å²) in [6.45, 7) is 0. The topological polar surface area (TPSA) is 0 Å². The van der Waals surface area contributed by atoms with Crippen LogP contribution in [-0.4, -0.2) is 7.42 Å². The number of halogens is 2. The van der Waals surface area contributed by atoms with Gasteiger partial charge in [0.15, 0.2) is 0 Å². The molecular formula is C17H11Cl2Si. The van der Waals surface area contributed by atoms with Gasteiger partial charge in [0, 0.05) is 0 Å². The third-order valence-corrected chi connectivity index (χ3v) is 5.39. The lowest BCUT2D eigenvalue weighted by molar-refractivity contribution is 1.45. The van der Waals surface area contributed by atoms with Crippen molar-refractivity contribution >= 4 is 61.9 Å². The van der Waals surface area contributed by atoms with Gasteiger partial charge in [-0.2, -0.15) is 0 Å². The first-order valence-corrected chi connectivity index (χ1v) is 10.3. The predicted molar refractivity (Wildman–Crippen MR) is 91.3 cm³/mol. The van der Waals surface area contributed by atoms with E-state index in [1.54, 1.807) is 0 Å². The summed E-state index contributed by atoms with van der Waals surface area (Å²) in [6.07, 6.45) is 0. The molecule has 0 spiro atoms. The van der Waals surface area contributed by atoms with E-state index in [-0.39, 0.29) is 0 Å². The van der Waals surface area contributed by atoms with E-state index in [0.717, 1.165) is 6.04 Å². The number of rotatable bonds is 2.